The van der Waals surface area contributed by atoms with Gasteiger partial charge in [-0.3, -0.25) is 14.4 Å². The van der Waals surface area contributed by atoms with Crippen molar-refractivity contribution in [1.29, 1.82) is 0 Å². The van der Waals surface area contributed by atoms with Gasteiger partial charge in [0.25, 0.3) is 0 Å². The highest BCUT2D eigenvalue weighted by Gasteiger charge is 2.46. The molecule has 8 heteroatoms. The minimum absolute atomic E-state index is 0.00599. The van der Waals surface area contributed by atoms with Crippen LogP contribution >= 0.6 is 0 Å². The summed E-state index contributed by atoms with van der Waals surface area (Å²) >= 11 is 0. The summed E-state index contributed by atoms with van der Waals surface area (Å²) in [6, 6.07) is 0.00803. The molecule has 3 heterocycles. The first kappa shape index (κ1) is 16.5. The van der Waals surface area contributed by atoms with Gasteiger partial charge in [-0.05, 0) is 13.8 Å². The minimum Gasteiger partial charge on any atom is -0.359 e. The molecule has 2 aliphatic rings. The van der Waals surface area contributed by atoms with Gasteiger partial charge in [0.15, 0.2) is 0 Å². The number of nitrogens with zero attached hydrogens (tertiary/aromatic N) is 3. The number of H-pyrrole nitrogens is 1. The second kappa shape index (κ2) is 5.92. The third-order valence-corrected chi connectivity index (χ3v) is 5.07. The highest BCUT2D eigenvalue weighted by atomic mass is 16.2. The second-order valence-electron chi connectivity index (χ2n) is 7.02. The molecule has 2 fully saturated rings. The van der Waals surface area contributed by atoms with Crippen molar-refractivity contribution in [1.82, 2.24) is 25.1 Å². The van der Waals surface area contributed by atoms with E-state index in [4.69, 9.17) is 0 Å². The van der Waals surface area contributed by atoms with Crippen molar-refractivity contribution in [3.05, 3.63) is 18.2 Å². The molecule has 1 atom stereocenters. The van der Waals surface area contributed by atoms with E-state index in [9.17, 15) is 14.4 Å². The van der Waals surface area contributed by atoms with Crippen LogP contribution < -0.4 is 5.32 Å². The van der Waals surface area contributed by atoms with E-state index in [1.54, 1.807) is 29.4 Å². The first-order chi connectivity index (χ1) is 11.3. The minimum atomic E-state index is -0.679. The Kier molecular flexibility index (Phi) is 4.06. The maximum absolute atomic E-state index is 12.7. The van der Waals surface area contributed by atoms with E-state index in [1.807, 2.05) is 13.8 Å². The molecule has 1 aromatic heterocycles. The SMILES string of the molecule is CNC(=O)C1CC(=O)N(C2CN(C(=O)C(C)(C)c3cnc[nH]3)C2)C1. The van der Waals surface area contributed by atoms with Gasteiger partial charge in [-0.1, -0.05) is 0 Å². The molecule has 0 radical (unpaired) electrons. The summed E-state index contributed by atoms with van der Waals surface area (Å²) in [4.78, 5) is 47.0. The molecular formula is C16H23N5O3. The normalized spacial score (nSPS) is 21.8. The number of likely N-dealkylation sites (tertiary alicyclic amines) is 2. The fraction of sp³-hybridized carbons (Fsp3) is 0.625. The fourth-order valence-corrected chi connectivity index (χ4v) is 3.39. The van der Waals surface area contributed by atoms with Gasteiger partial charge in [0.1, 0.15) is 0 Å². The molecule has 1 aromatic rings. The van der Waals surface area contributed by atoms with Crippen LogP contribution in [0.25, 0.3) is 0 Å². The van der Waals surface area contributed by atoms with Gasteiger partial charge >= 0.3 is 0 Å². The number of rotatable bonds is 4. The van der Waals surface area contributed by atoms with Crippen molar-refractivity contribution in [2.45, 2.75) is 31.7 Å². The number of amides is 3. The summed E-state index contributed by atoms with van der Waals surface area (Å²) in [5.41, 5.74) is 0.0917. The van der Waals surface area contributed by atoms with Crippen LogP contribution in [0.15, 0.2) is 12.5 Å². The fourth-order valence-electron chi connectivity index (χ4n) is 3.39. The zero-order chi connectivity index (χ0) is 17.5. The highest BCUT2D eigenvalue weighted by Crippen LogP contribution is 2.30. The lowest BCUT2D eigenvalue weighted by atomic mass is 9.86. The zero-order valence-corrected chi connectivity index (χ0v) is 14.2. The first-order valence-electron chi connectivity index (χ1n) is 8.14. The molecule has 3 rings (SSSR count). The lowest BCUT2D eigenvalue weighted by Crippen LogP contribution is -2.64. The number of aromatic amines is 1. The Labute approximate surface area is 140 Å². The van der Waals surface area contributed by atoms with E-state index in [0.29, 0.717) is 19.6 Å². The van der Waals surface area contributed by atoms with Gasteiger partial charge < -0.3 is 20.1 Å². The van der Waals surface area contributed by atoms with Crippen molar-refractivity contribution in [2.75, 3.05) is 26.7 Å². The van der Waals surface area contributed by atoms with Crippen LogP contribution in [0.2, 0.25) is 0 Å². The Morgan fingerprint density at radius 1 is 1.33 bits per heavy atom. The van der Waals surface area contributed by atoms with E-state index in [2.05, 4.69) is 15.3 Å². The Bertz CT molecular complexity index is 649. The van der Waals surface area contributed by atoms with Crippen molar-refractivity contribution in [2.24, 2.45) is 5.92 Å². The summed E-state index contributed by atoms with van der Waals surface area (Å²) in [6.45, 7) is 5.19. The molecule has 2 saturated heterocycles. The summed E-state index contributed by atoms with van der Waals surface area (Å²) in [5.74, 6) is -0.377. The average Bonchev–Trinajstić information content (AvgIpc) is 3.15. The predicted octanol–water partition coefficient (Wildman–Crippen LogP) is -0.507. The predicted molar refractivity (Wildman–Crippen MR) is 85.9 cm³/mol. The number of aromatic nitrogens is 2. The third-order valence-electron chi connectivity index (χ3n) is 5.07. The van der Waals surface area contributed by atoms with E-state index in [-0.39, 0.29) is 36.1 Å². The van der Waals surface area contributed by atoms with Crippen LogP contribution in [-0.4, -0.2) is 70.2 Å². The van der Waals surface area contributed by atoms with Gasteiger partial charge in [0.2, 0.25) is 17.7 Å². The number of hydrogen-bond acceptors (Lipinski definition) is 4. The van der Waals surface area contributed by atoms with E-state index in [1.165, 1.54) is 0 Å². The van der Waals surface area contributed by atoms with Gasteiger partial charge in [0.05, 0.1) is 23.7 Å². The topological polar surface area (TPSA) is 98.4 Å². The van der Waals surface area contributed by atoms with Gasteiger partial charge in [-0.2, -0.15) is 0 Å². The third kappa shape index (κ3) is 2.65. The van der Waals surface area contributed by atoms with Gasteiger partial charge in [0, 0.05) is 45.0 Å². The van der Waals surface area contributed by atoms with Crippen LogP contribution in [0.3, 0.4) is 0 Å². The summed E-state index contributed by atoms with van der Waals surface area (Å²) in [7, 11) is 1.58. The van der Waals surface area contributed by atoms with Crippen molar-refractivity contribution >= 4 is 17.7 Å². The molecule has 0 spiro atoms. The maximum atomic E-state index is 12.7. The van der Waals surface area contributed by atoms with E-state index >= 15 is 0 Å². The van der Waals surface area contributed by atoms with Gasteiger partial charge in [-0.15, -0.1) is 0 Å². The van der Waals surface area contributed by atoms with Gasteiger partial charge in [-0.25, -0.2) is 4.98 Å². The highest BCUT2D eigenvalue weighted by molar-refractivity contribution is 5.90. The quantitative estimate of drug-likeness (QED) is 0.775. The van der Waals surface area contributed by atoms with Crippen LogP contribution in [0.1, 0.15) is 26.0 Å². The largest absolute Gasteiger partial charge is 0.359 e. The molecule has 8 nitrogen and oxygen atoms in total. The van der Waals surface area contributed by atoms with Crippen LogP contribution in [-0.2, 0) is 19.8 Å². The molecule has 1 unspecified atom stereocenters. The smallest absolute Gasteiger partial charge is 0.234 e. The number of carbonyl (C=O) groups is 3. The molecule has 130 valence electrons. The van der Waals surface area contributed by atoms with Crippen molar-refractivity contribution in [3.63, 3.8) is 0 Å². The number of carbonyl (C=O) groups excluding carboxylic acids is 3. The Hall–Kier alpha value is -2.38. The molecule has 0 aliphatic carbocycles. The standard InChI is InChI=1S/C16H23N5O3/c1-16(2,12-5-18-9-19-12)15(24)20-7-11(8-20)21-6-10(4-13(21)22)14(23)17-3/h5,9-11H,4,6-8H2,1-3H3,(H,17,23)(H,18,19). The molecular weight excluding hydrogens is 310 g/mol. The zero-order valence-electron chi connectivity index (χ0n) is 14.2. The Morgan fingerprint density at radius 3 is 2.62 bits per heavy atom. The lowest BCUT2D eigenvalue weighted by Gasteiger charge is -2.46. The monoisotopic (exact) mass is 333 g/mol. The molecule has 2 aliphatic heterocycles. The number of nitrogens with one attached hydrogen (secondary N) is 2. The molecule has 2 N–H and O–H groups in total. The molecule has 0 saturated carbocycles. The Balaban J connectivity index is 1.59. The van der Waals surface area contributed by atoms with Crippen molar-refractivity contribution in [3.8, 4) is 0 Å². The molecule has 0 bridgehead atoms. The second-order valence-corrected chi connectivity index (χ2v) is 7.02. The number of hydrogen-bond donors (Lipinski definition) is 2. The maximum Gasteiger partial charge on any atom is 0.234 e. The van der Waals surface area contributed by atoms with Crippen molar-refractivity contribution < 1.29 is 14.4 Å². The lowest BCUT2D eigenvalue weighted by molar-refractivity contribution is -0.148. The van der Waals surface area contributed by atoms with E-state index in [0.717, 1.165) is 5.69 Å². The van der Waals surface area contributed by atoms with Crippen LogP contribution in [0.4, 0.5) is 0 Å². The summed E-state index contributed by atoms with van der Waals surface area (Å²) in [6.07, 6.45) is 3.47. The van der Waals surface area contributed by atoms with Crippen LogP contribution in [0.5, 0.6) is 0 Å². The average molecular weight is 333 g/mol. The van der Waals surface area contributed by atoms with Crippen LogP contribution in [0, 0.1) is 5.92 Å². The molecule has 0 aromatic carbocycles. The molecule has 3 amide bonds. The summed E-state index contributed by atoms with van der Waals surface area (Å²) in [5, 5.41) is 2.59. The first-order valence-corrected chi connectivity index (χ1v) is 8.14. The summed E-state index contributed by atoms with van der Waals surface area (Å²) < 4.78 is 0. The Morgan fingerprint density at radius 2 is 2.04 bits per heavy atom. The number of imidazole rings is 1. The van der Waals surface area contributed by atoms with E-state index < -0.39 is 5.41 Å². The molecule has 24 heavy (non-hydrogen) atoms.